The van der Waals surface area contributed by atoms with Crippen LogP contribution in [-0.2, 0) is 4.74 Å². The zero-order valence-corrected chi connectivity index (χ0v) is 14.1. The Balaban J connectivity index is 2.10. The van der Waals surface area contributed by atoms with E-state index < -0.39 is 18.1 Å². The fraction of sp³-hybridized carbons (Fsp3) is 0.167. The Morgan fingerprint density at radius 3 is 2.52 bits per heavy atom. The monoisotopic (exact) mass is 377 g/mol. The molecule has 140 valence electrons. The zero-order chi connectivity index (χ0) is 19.4. The molecule has 0 aliphatic heterocycles. The van der Waals surface area contributed by atoms with Crippen molar-refractivity contribution in [3.63, 3.8) is 0 Å². The summed E-state index contributed by atoms with van der Waals surface area (Å²) < 4.78 is 46.4. The second-order valence-corrected chi connectivity index (χ2v) is 5.36. The Morgan fingerprint density at radius 1 is 1.11 bits per heavy atom. The maximum absolute atomic E-state index is 12.5. The van der Waals surface area contributed by atoms with Crippen LogP contribution in [0.3, 0.4) is 0 Å². The predicted molar refractivity (Wildman–Crippen MR) is 91.6 cm³/mol. The number of halogens is 3. The van der Waals surface area contributed by atoms with E-state index in [1.54, 1.807) is 37.3 Å². The molecule has 0 spiro atoms. The van der Waals surface area contributed by atoms with E-state index in [-0.39, 0.29) is 23.4 Å². The number of nitrogens with one attached hydrogen (secondary N) is 1. The number of benzene rings is 2. The highest BCUT2D eigenvalue weighted by Gasteiger charge is 2.31. The Labute approximate surface area is 151 Å². The number of esters is 1. The smallest absolute Gasteiger partial charge is 0.461 e. The molecule has 0 amide bonds. The molecule has 27 heavy (non-hydrogen) atoms. The Hall–Kier alpha value is -3.36. The lowest BCUT2D eigenvalue weighted by Crippen LogP contribution is -2.16. The van der Waals surface area contributed by atoms with Gasteiger partial charge in [0.2, 0.25) is 0 Å². The quantitative estimate of drug-likeness (QED) is 0.460. The van der Waals surface area contributed by atoms with Crippen LogP contribution in [0, 0.1) is 0 Å². The Morgan fingerprint density at radius 2 is 1.85 bits per heavy atom. The van der Waals surface area contributed by atoms with Crippen molar-refractivity contribution in [1.29, 1.82) is 0 Å². The third-order valence-corrected chi connectivity index (χ3v) is 3.48. The predicted octanol–water partition coefficient (Wildman–Crippen LogP) is 5.66. The van der Waals surface area contributed by atoms with Crippen LogP contribution >= 0.6 is 0 Å². The molecule has 1 heterocycles. The fourth-order valence-electron chi connectivity index (χ4n) is 2.41. The first kappa shape index (κ1) is 18.4. The van der Waals surface area contributed by atoms with Crippen LogP contribution in [0.2, 0.25) is 0 Å². The second-order valence-electron chi connectivity index (χ2n) is 5.36. The second kappa shape index (κ2) is 7.48. The van der Waals surface area contributed by atoms with Gasteiger partial charge in [0.15, 0.2) is 5.69 Å². The summed E-state index contributed by atoms with van der Waals surface area (Å²) in [6, 6.07) is 12.3. The number of carbonyl (C=O) groups excluding carboxylic acids is 1. The van der Waals surface area contributed by atoms with Gasteiger partial charge < -0.3 is 14.5 Å². The van der Waals surface area contributed by atoms with Crippen LogP contribution in [0.1, 0.15) is 17.4 Å². The molecule has 1 aromatic heterocycles. The van der Waals surface area contributed by atoms with Crippen LogP contribution in [0.4, 0.5) is 24.5 Å². The molecule has 0 atom stereocenters. The van der Waals surface area contributed by atoms with Gasteiger partial charge in [-0.2, -0.15) is 5.11 Å². The van der Waals surface area contributed by atoms with Crippen molar-refractivity contribution in [3.05, 3.63) is 54.2 Å². The van der Waals surface area contributed by atoms with Crippen LogP contribution in [0.25, 0.3) is 10.9 Å². The molecule has 0 saturated carbocycles. The first-order valence-electron chi connectivity index (χ1n) is 7.93. The largest absolute Gasteiger partial charge is 0.573 e. The molecule has 0 aliphatic rings. The number of carbonyl (C=O) groups is 1. The molecule has 3 rings (SSSR count). The van der Waals surface area contributed by atoms with Crippen molar-refractivity contribution in [3.8, 4) is 5.75 Å². The summed E-state index contributed by atoms with van der Waals surface area (Å²) in [7, 11) is 0. The maximum Gasteiger partial charge on any atom is 0.573 e. The van der Waals surface area contributed by atoms with Gasteiger partial charge in [-0.25, -0.2) is 4.79 Å². The van der Waals surface area contributed by atoms with Crippen LogP contribution in [0.15, 0.2) is 58.8 Å². The number of rotatable bonds is 5. The van der Waals surface area contributed by atoms with Gasteiger partial charge in [-0.3, -0.25) is 0 Å². The molecule has 0 unspecified atom stereocenters. The van der Waals surface area contributed by atoms with Gasteiger partial charge in [0.25, 0.3) is 0 Å². The normalized spacial score (nSPS) is 11.9. The number of alkyl halides is 3. The highest BCUT2D eigenvalue weighted by Crippen LogP contribution is 2.36. The van der Waals surface area contributed by atoms with Gasteiger partial charge in [0.05, 0.1) is 12.3 Å². The molecule has 6 nitrogen and oxygen atoms in total. The molecule has 3 aromatic rings. The summed E-state index contributed by atoms with van der Waals surface area (Å²) >= 11 is 0. The Bertz CT molecular complexity index is 982. The van der Waals surface area contributed by atoms with E-state index in [9.17, 15) is 18.0 Å². The average molecular weight is 377 g/mol. The molecule has 0 saturated heterocycles. The number of aromatic nitrogens is 1. The number of hydrogen-bond acceptors (Lipinski definition) is 5. The molecule has 0 fully saturated rings. The topological polar surface area (TPSA) is 76.0 Å². The Kier molecular flexibility index (Phi) is 5.11. The third-order valence-electron chi connectivity index (χ3n) is 3.48. The number of nitrogens with zero attached hydrogens (tertiary/aromatic N) is 2. The van der Waals surface area contributed by atoms with Gasteiger partial charge >= 0.3 is 12.3 Å². The van der Waals surface area contributed by atoms with Crippen molar-refractivity contribution in [1.82, 2.24) is 4.98 Å². The highest BCUT2D eigenvalue weighted by atomic mass is 19.4. The van der Waals surface area contributed by atoms with Gasteiger partial charge in [0.1, 0.15) is 11.4 Å². The minimum atomic E-state index is -4.83. The van der Waals surface area contributed by atoms with Gasteiger partial charge in [-0.1, -0.05) is 18.2 Å². The summed E-state index contributed by atoms with van der Waals surface area (Å²) in [6.07, 6.45) is -4.83. The maximum atomic E-state index is 12.5. The molecule has 9 heteroatoms. The van der Waals surface area contributed by atoms with Crippen LogP contribution in [0.5, 0.6) is 5.75 Å². The number of aromatic amines is 1. The standard InChI is InChI=1S/C18H14F3N3O3/c1-2-26-17(25)16-15(24-23-11-6-4-3-5-7-11)13-10-12(27-18(19,20)21)8-9-14(13)22-16/h3-10,22H,2H2,1H3. The lowest BCUT2D eigenvalue weighted by Gasteiger charge is -2.08. The van der Waals surface area contributed by atoms with Gasteiger partial charge in [-0.15, -0.1) is 18.3 Å². The van der Waals surface area contributed by atoms with E-state index >= 15 is 0 Å². The molecule has 0 bridgehead atoms. The minimum absolute atomic E-state index is 0.00399. The summed E-state index contributed by atoms with van der Waals surface area (Å²) in [5.74, 6) is -1.12. The molecule has 0 radical (unpaired) electrons. The summed E-state index contributed by atoms with van der Waals surface area (Å²) in [4.78, 5) is 15.0. The molecule has 1 N–H and O–H groups in total. The van der Waals surface area contributed by atoms with Crippen LogP contribution < -0.4 is 4.74 Å². The summed E-state index contributed by atoms with van der Waals surface area (Å²) in [6.45, 7) is 1.77. The van der Waals surface area contributed by atoms with Crippen LogP contribution in [-0.4, -0.2) is 23.9 Å². The molecule has 0 aliphatic carbocycles. The molecular formula is C18H14F3N3O3. The minimum Gasteiger partial charge on any atom is -0.461 e. The SMILES string of the molecule is CCOC(=O)c1[nH]c2ccc(OC(F)(F)F)cc2c1N=Nc1ccccc1. The van der Waals surface area contributed by atoms with E-state index in [2.05, 4.69) is 19.9 Å². The van der Waals surface area contributed by atoms with Crippen molar-refractivity contribution in [2.45, 2.75) is 13.3 Å². The van der Waals surface area contributed by atoms with Crippen molar-refractivity contribution in [2.24, 2.45) is 10.2 Å². The number of ether oxygens (including phenoxy) is 2. The van der Waals surface area contributed by atoms with E-state index in [1.165, 1.54) is 6.07 Å². The van der Waals surface area contributed by atoms with E-state index in [4.69, 9.17) is 4.74 Å². The highest BCUT2D eigenvalue weighted by molar-refractivity contribution is 6.05. The number of fused-ring (bicyclic) bond motifs is 1. The van der Waals surface area contributed by atoms with Crippen molar-refractivity contribution >= 4 is 28.2 Å². The average Bonchev–Trinajstić information content (AvgIpc) is 2.98. The number of hydrogen-bond donors (Lipinski definition) is 1. The zero-order valence-electron chi connectivity index (χ0n) is 14.1. The molecular weight excluding hydrogens is 363 g/mol. The van der Waals surface area contributed by atoms with Gasteiger partial charge in [0, 0.05) is 10.9 Å². The number of H-pyrrole nitrogens is 1. The molecule has 2 aromatic carbocycles. The van der Waals surface area contributed by atoms with E-state index in [0.717, 1.165) is 12.1 Å². The first-order valence-corrected chi connectivity index (χ1v) is 7.93. The lowest BCUT2D eigenvalue weighted by molar-refractivity contribution is -0.274. The third kappa shape index (κ3) is 4.43. The lowest BCUT2D eigenvalue weighted by atomic mass is 10.2. The first-order chi connectivity index (χ1) is 12.9. The van der Waals surface area contributed by atoms with E-state index in [1.807, 2.05) is 0 Å². The van der Waals surface area contributed by atoms with Gasteiger partial charge in [-0.05, 0) is 37.3 Å². The number of azo groups is 1. The van der Waals surface area contributed by atoms with Crippen molar-refractivity contribution in [2.75, 3.05) is 6.61 Å². The summed E-state index contributed by atoms with van der Waals surface area (Å²) in [5, 5.41) is 8.35. The van der Waals surface area contributed by atoms with Crippen molar-refractivity contribution < 1.29 is 27.4 Å². The van der Waals surface area contributed by atoms with E-state index in [0.29, 0.717) is 11.2 Å². The fourth-order valence-corrected chi connectivity index (χ4v) is 2.41. The summed E-state index contributed by atoms with van der Waals surface area (Å²) in [5.41, 5.74) is 0.981.